The molecule has 0 saturated carbocycles. The van der Waals surface area contributed by atoms with E-state index in [4.69, 9.17) is 23.2 Å². The Kier molecular flexibility index (Phi) is 4.84. The van der Waals surface area contributed by atoms with Gasteiger partial charge in [-0.15, -0.1) is 11.3 Å². The summed E-state index contributed by atoms with van der Waals surface area (Å²) in [6.45, 7) is 0. The molecule has 0 radical (unpaired) electrons. The summed E-state index contributed by atoms with van der Waals surface area (Å²) in [7, 11) is 0. The van der Waals surface area contributed by atoms with Crippen molar-refractivity contribution in [2.24, 2.45) is 5.10 Å². The summed E-state index contributed by atoms with van der Waals surface area (Å²) in [6.07, 6.45) is 3.20. The molecule has 0 bridgehead atoms. The smallest absolute Gasteiger partial charge is 0.159 e. The minimum atomic E-state index is 0.642. The number of anilines is 1. The fourth-order valence-electron chi connectivity index (χ4n) is 2.54. The van der Waals surface area contributed by atoms with Gasteiger partial charge < -0.3 is 0 Å². The maximum absolute atomic E-state index is 6.15. The van der Waals surface area contributed by atoms with E-state index in [9.17, 15) is 0 Å². The number of rotatable bonds is 4. The van der Waals surface area contributed by atoms with Crippen LogP contribution in [0.3, 0.4) is 0 Å². The lowest BCUT2D eigenvalue weighted by Gasteiger charge is -2.05. The number of hydrogen-bond acceptors (Lipinski definition) is 5. The van der Waals surface area contributed by atoms with E-state index < -0.39 is 0 Å². The van der Waals surface area contributed by atoms with Crippen LogP contribution < -0.4 is 5.43 Å². The Labute approximate surface area is 164 Å². The summed E-state index contributed by atoms with van der Waals surface area (Å²) in [6, 6.07) is 15.2. The van der Waals surface area contributed by atoms with Crippen LogP contribution in [-0.4, -0.2) is 16.2 Å². The highest BCUT2D eigenvalue weighted by atomic mass is 35.5. The topological polar surface area (TPSA) is 50.2 Å². The maximum atomic E-state index is 6.15. The summed E-state index contributed by atoms with van der Waals surface area (Å²) in [5, 5.41) is 8.62. The normalized spacial score (nSPS) is 11.3. The summed E-state index contributed by atoms with van der Waals surface area (Å²) in [5.41, 5.74) is 5.93. The molecule has 2 heterocycles. The Bertz CT molecular complexity index is 1090. The van der Waals surface area contributed by atoms with E-state index in [1.807, 2.05) is 48.5 Å². The molecule has 0 aliphatic carbocycles. The second-order valence-corrected chi connectivity index (χ2v) is 7.15. The molecule has 4 aromatic rings. The van der Waals surface area contributed by atoms with Crippen LogP contribution in [0.1, 0.15) is 5.56 Å². The SMILES string of the molecule is Clc1ccc(-c2csc3ncnc(N/N=C\c4ccccc4Cl)c23)cc1. The lowest BCUT2D eigenvalue weighted by atomic mass is 10.1. The van der Waals surface area contributed by atoms with E-state index in [0.29, 0.717) is 15.9 Å². The largest absolute Gasteiger partial charge is 0.261 e. The molecule has 0 fully saturated rings. The molecule has 1 N–H and O–H groups in total. The number of hydrogen-bond donors (Lipinski definition) is 1. The number of thiophene rings is 1. The quantitative estimate of drug-likeness (QED) is 0.333. The van der Waals surface area contributed by atoms with Crippen LogP contribution in [-0.2, 0) is 0 Å². The van der Waals surface area contributed by atoms with Gasteiger partial charge in [0.05, 0.1) is 11.6 Å². The van der Waals surface area contributed by atoms with Gasteiger partial charge in [0.1, 0.15) is 11.2 Å². The minimum Gasteiger partial charge on any atom is -0.261 e. The van der Waals surface area contributed by atoms with Gasteiger partial charge >= 0.3 is 0 Å². The van der Waals surface area contributed by atoms with E-state index in [-0.39, 0.29) is 0 Å². The van der Waals surface area contributed by atoms with Crippen molar-refractivity contribution in [3.63, 3.8) is 0 Å². The van der Waals surface area contributed by atoms with Gasteiger partial charge in [-0.25, -0.2) is 9.97 Å². The van der Waals surface area contributed by atoms with Gasteiger partial charge in [0.2, 0.25) is 0 Å². The van der Waals surface area contributed by atoms with Crippen molar-refractivity contribution < 1.29 is 0 Å². The Morgan fingerprint density at radius 1 is 1.00 bits per heavy atom. The minimum absolute atomic E-state index is 0.642. The van der Waals surface area contributed by atoms with Crippen molar-refractivity contribution in [1.82, 2.24) is 9.97 Å². The molecule has 26 heavy (non-hydrogen) atoms. The first-order valence-corrected chi connectivity index (χ1v) is 9.37. The number of fused-ring (bicyclic) bond motifs is 1. The lowest BCUT2D eigenvalue weighted by molar-refractivity contribution is 1.19. The van der Waals surface area contributed by atoms with E-state index in [2.05, 4.69) is 25.9 Å². The lowest BCUT2D eigenvalue weighted by Crippen LogP contribution is -1.95. The highest BCUT2D eigenvalue weighted by molar-refractivity contribution is 7.17. The zero-order valence-corrected chi connectivity index (χ0v) is 15.7. The molecule has 0 spiro atoms. The van der Waals surface area contributed by atoms with E-state index >= 15 is 0 Å². The highest BCUT2D eigenvalue weighted by Crippen LogP contribution is 2.36. The average molecular weight is 399 g/mol. The predicted octanol–water partition coefficient (Wildman–Crippen LogP) is 6.11. The van der Waals surface area contributed by atoms with E-state index in [0.717, 1.165) is 26.9 Å². The molecular weight excluding hydrogens is 387 g/mol. The zero-order valence-electron chi connectivity index (χ0n) is 13.4. The van der Waals surface area contributed by atoms with Gasteiger partial charge in [-0.05, 0) is 23.8 Å². The monoisotopic (exact) mass is 398 g/mol. The van der Waals surface area contributed by atoms with Gasteiger partial charge in [0.15, 0.2) is 5.82 Å². The summed E-state index contributed by atoms with van der Waals surface area (Å²) in [4.78, 5) is 9.59. The molecule has 7 heteroatoms. The molecule has 2 aromatic heterocycles. The van der Waals surface area contributed by atoms with Crippen molar-refractivity contribution in [3.8, 4) is 11.1 Å². The van der Waals surface area contributed by atoms with E-state index in [1.54, 1.807) is 17.6 Å². The fraction of sp³-hybridized carbons (Fsp3) is 0. The third-order valence-electron chi connectivity index (χ3n) is 3.80. The van der Waals surface area contributed by atoms with Crippen LogP contribution in [0.5, 0.6) is 0 Å². The molecule has 0 atom stereocenters. The molecule has 0 unspecified atom stereocenters. The number of aromatic nitrogens is 2. The predicted molar refractivity (Wildman–Crippen MR) is 111 cm³/mol. The summed E-state index contributed by atoms with van der Waals surface area (Å²) in [5.74, 6) is 0.643. The second-order valence-electron chi connectivity index (χ2n) is 5.45. The maximum Gasteiger partial charge on any atom is 0.159 e. The number of halogens is 2. The van der Waals surface area contributed by atoms with Crippen LogP contribution in [0.15, 0.2) is 65.3 Å². The Hall–Kier alpha value is -2.47. The second kappa shape index (κ2) is 7.41. The Morgan fingerprint density at radius 2 is 1.81 bits per heavy atom. The molecule has 0 aliphatic heterocycles. The van der Waals surface area contributed by atoms with Crippen molar-refractivity contribution in [1.29, 1.82) is 0 Å². The number of nitrogens with zero attached hydrogens (tertiary/aromatic N) is 3. The average Bonchev–Trinajstić information content (AvgIpc) is 3.09. The zero-order chi connectivity index (χ0) is 17.9. The molecule has 0 aliphatic rings. The van der Waals surface area contributed by atoms with E-state index in [1.165, 1.54) is 6.33 Å². The molecule has 128 valence electrons. The molecule has 4 rings (SSSR count). The van der Waals surface area contributed by atoms with Crippen molar-refractivity contribution in [2.75, 3.05) is 5.43 Å². The molecule has 0 amide bonds. The van der Waals surface area contributed by atoms with Gasteiger partial charge in [-0.3, -0.25) is 5.43 Å². The number of nitrogens with one attached hydrogen (secondary N) is 1. The van der Waals surface area contributed by atoms with Crippen LogP contribution in [0.4, 0.5) is 5.82 Å². The van der Waals surface area contributed by atoms with Crippen LogP contribution in [0.2, 0.25) is 10.0 Å². The Morgan fingerprint density at radius 3 is 2.62 bits per heavy atom. The number of hydrazone groups is 1. The highest BCUT2D eigenvalue weighted by Gasteiger charge is 2.12. The van der Waals surface area contributed by atoms with Crippen molar-refractivity contribution >= 4 is 56.8 Å². The van der Waals surface area contributed by atoms with Gasteiger partial charge in [0, 0.05) is 26.6 Å². The van der Waals surface area contributed by atoms with Crippen LogP contribution in [0.25, 0.3) is 21.3 Å². The van der Waals surface area contributed by atoms with Gasteiger partial charge in [-0.2, -0.15) is 5.10 Å². The number of benzene rings is 2. The first kappa shape index (κ1) is 17.0. The third-order valence-corrected chi connectivity index (χ3v) is 5.29. The van der Waals surface area contributed by atoms with Crippen molar-refractivity contribution in [2.45, 2.75) is 0 Å². The standard InChI is InChI=1S/C19H12Cl2N4S/c20-14-7-5-12(6-8-14)15-10-26-19-17(15)18(22-11-23-19)25-24-9-13-3-1-2-4-16(13)21/h1-11H,(H,22,23,25)/b24-9-. The van der Waals surface area contributed by atoms with Crippen LogP contribution >= 0.6 is 34.5 Å². The third kappa shape index (κ3) is 3.42. The first-order chi connectivity index (χ1) is 12.7. The van der Waals surface area contributed by atoms with Crippen molar-refractivity contribution in [3.05, 3.63) is 75.8 Å². The van der Waals surface area contributed by atoms with Gasteiger partial charge in [-0.1, -0.05) is 53.5 Å². The molecule has 2 aromatic carbocycles. The summed E-state index contributed by atoms with van der Waals surface area (Å²) >= 11 is 13.7. The molecule has 0 saturated heterocycles. The Balaban J connectivity index is 1.70. The molecular formula is C19H12Cl2N4S. The van der Waals surface area contributed by atoms with Crippen LogP contribution in [0, 0.1) is 0 Å². The summed E-state index contributed by atoms with van der Waals surface area (Å²) < 4.78 is 0. The molecule has 4 nitrogen and oxygen atoms in total. The van der Waals surface area contributed by atoms with Gasteiger partial charge in [0.25, 0.3) is 0 Å². The fourth-order valence-corrected chi connectivity index (χ4v) is 3.77. The first-order valence-electron chi connectivity index (χ1n) is 7.74.